The molecule has 1 fully saturated rings. The van der Waals surface area contributed by atoms with Gasteiger partial charge in [0.15, 0.2) is 5.78 Å². The van der Waals surface area contributed by atoms with Gasteiger partial charge < -0.3 is 4.74 Å². The molecule has 0 heterocycles. The minimum absolute atomic E-state index is 0.0947. The first-order chi connectivity index (χ1) is 5.65. The van der Waals surface area contributed by atoms with Gasteiger partial charge in [-0.15, -0.1) is 0 Å². The monoisotopic (exact) mass is 232 g/mol. The second-order valence-corrected chi connectivity index (χ2v) is 3.65. The van der Waals surface area contributed by atoms with Crippen LogP contribution in [0.15, 0.2) is 5.57 Å². The number of hydrogen-bond acceptors (Lipinski definition) is 3. The summed E-state index contributed by atoms with van der Waals surface area (Å²) in [4.78, 5) is 21.7. The number of rotatable bonds is 2. The Hall–Kier alpha value is -0.440. The van der Waals surface area contributed by atoms with Crippen molar-refractivity contribution in [2.75, 3.05) is 6.61 Å². The zero-order valence-electron chi connectivity index (χ0n) is 6.72. The van der Waals surface area contributed by atoms with Crippen molar-refractivity contribution in [1.29, 1.82) is 0 Å². The van der Waals surface area contributed by atoms with Crippen molar-refractivity contribution in [2.45, 2.75) is 24.3 Å². The van der Waals surface area contributed by atoms with Crippen LogP contribution in [0.1, 0.15) is 19.8 Å². The Morgan fingerprint density at radius 3 is 2.83 bits per heavy atom. The molecule has 1 saturated carbocycles. The molecule has 1 atom stereocenters. The summed E-state index contributed by atoms with van der Waals surface area (Å²) < 4.78 is 4.01. The fourth-order valence-corrected chi connectivity index (χ4v) is 1.92. The molecule has 4 heteroatoms. The number of Topliss-reactive ketones (excluding diaryl/α,β-unsaturated/α-hetero) is 1. The highest BCUT2D eigenvalue weighted by Gasteiger charge is 2.45. The Morgan fingerprint density at radius 2 is 2.33 bits per heavy atom. The molecule has 1 aliphatic carbocycles. The van der Waals surface area contributed by atoms with Crippen molar-refractivity contribution in [2.24, 2.45) is 0 Å². The van der Waals surface area contributed by atoms with Crippen molar-refractivity contribution in [3.05, 3.63) is 5.57 Å². The Morgan fingerprint density at radius 1 is 1.67 bits per heavy atom. The highest BCUT2D eigenvalue weighted by Crippen LogP contribution is 2.38. The molecule has 0 aromatic carbocycles. The van der Waals surface area contributed by atoms with Gasteiger partial charge in [0.25, 0.3) is 0 Å². The highest BCUT2D eigenvalue weighted by atomic mass is 79.9. The van der Waals surface area contributed by atoms with Gasteiger partial charge in [0.05, 0.1) is 5.57 Å². The summed E-state index contributed by atoms with van der Waals surface area (Å²) in [6.07, 6.45) is 0.809. The largest absolute Gasteiger partial charge is 0.352 e. The summed E-state index contributed by atoms with van der Waals surface area (Å²) >= 11 is 3.13. The molecular weight excluding hydrogens is 224 g/mol. The molecular formula is C8H9BrO3. The van der Waals surface area contributed by atoms with Gasteiger partial charge in [-0.05, 0) is 29.3 Å². The van der Waals surface area contributed by atoms with E-state index in [1.54, 1.807) is 12.9 Å². The Kier molecular flexibility index (Phi) is 2.83. The summed E-state index contributed by atoms with van der Waals surface area (Å²) in [6, 6.07) is 0. The second kappa shape index (κ2) is 3.52. The summed E-state index contributed by atoms with van der Waals surface area (Å²) in [7, 11) is 0. The van der Waals surface area contributed by atoms with Gasteiger partial charge in [-0.1, -0.05) is 0 Å². The third kappa shape index (κ3) is 1.38. The van der Waals surface area contributed by atoms with Crippen molar-refractivity contribution >= 4 is 27.7 Å². The highest BCUT2D eigenvalue weighted by molar-refractivity contribution is 9.10. The third-order valence-corrected chi connectivity index (χ3v) is 2.97. The lowest BCUT2D eigenvalue weighted by molar-refractivity contribution is -0.127. The number of ketones is 1. The molecule has 0 radical (unpaired) electrons. The van der Waals surface area contributed by atoms with Crippen LogP contribution in [-0.4, -0.2) is 22.8 Å². The van der Waals surface area contributed by atoms with E-state index in [0.29, 0.717) is 25.0 Å². The van der Waals surface area contributed by atoms with Gasteiger partial charge in [-0.3, -0.25) is 4.79 Å². The molecule has 1 rings (SSSR count). The van der Waals surface area contributed by atoms with E-state index in [1.807, 2.05) is 0 Å². The van der Waals surface area contributed by atoms with Crippen LogP contribution in [0.3, 0.4) is 0 Å². The van der Waals surface area contributed by atoms with Crippen LogP contribution in [0, 0.1) is 0 Å². The van der Waals surface area contributed by atoms with Crippen LogP contribution in [0.25, 0.3) is 0 Å². The van der Waals surface area contributed by atoms with Crippen LogP contribution in [0.2, 0.25) is 0 Å². The summed E-state index contributed by atoms with van der Waals surface area (Å²) in [5.74, 6) is 1.65. The molecule has 1 unspecified atom stereocenters. The minimum atomic E-state index is -1.16. The SMILES string of the molecule is CCOC1(Br)C(=O)CCC1=C=O. The lowest BCUT2D eigenvalue weighted by Crippen LogP contribution is -2.31. The maximum absolute atomic E-state index is 11.3. The van der Waals surface area contributed by atoms with Crippen molar-refractivity contribution in [3.8, 4) is 0 Å². The Balaban J connectivity index is 2.96. The van der Waals surface area contributed by atoms with Crippen LogP contribution in [0.4, 0.5) is 0 Å². The maximum atomic E-state index is 11.3. The first-order valence-electron chi connectivity index (χ1n) is 3.75. The first-order valence-corrected chi connectivity index (χ1v) is 4.55. The quantitative estimate of drug-likeness (QED) is 0.532. The number of hydrogen-bond donors (Lipinski definition) is 0. The maximum Gasteiger partial charge on any atom is 0.213 e. The van der Waals surface area contributed by atoms with Crippen LogP contribution in [-0.2, 0) is 14.3 Å². The molecule has 12 heavy (non-hydrogen) atoms. The number of halogens is 1. The third-order valence-electron chi connectivity index (χ3n) is 1.82. The average Bonchev–Trinajstić information content (AvgIpc) is 2.30. The summed E-state index contributed by atoms with van der Waals surface area (Å²) in [6.45, 7) is 2.17. The molecule has 0 bridgehead atoms. The minimum Gasteiger partial charge on any atom is -0.352 e. The normalized spacial score (nSPS) is 29.2. The standard InChI is InChI=1S/C8H9BrO3/c1-2-12-8(9)6(5-10)3-4-7(8)11/h2-4H2,1H3. The summed E-state index contributed by atoms with van der Waals surface area (Å²) in [5, 5.41) is 0. The fraction of sp³-hybridized carbons (Fsp3) is 0.625. The topological polar surface area (TPSA) is 43.4 Å². The van der Waals surface area contributed by atoms with E-state index in [4.69, 9.17) is 4.74 Å². The van der Waals surface area contributed by atoms with Gasteiger partial charge >= 0.3 is 0 Å². The van der Waals surface area contributed by atoms with Crippen molar-refractivity contribution in [3.63, 3.8) is 0 Å². The lowest BCUT2D eigenvalue weighted by Gasteiger charge is -2.19. The molecule has 0 aliphatic heterocycles. The molecule has 1 aliphatic rings. The van der Waals surface area contributed by atoms with Crippen LogP contribution in [0.5, 0.6) is 0 Å². The van der Waals surface area contributed by atoms with E-state index in [1.165, 1.54) is 0 Å². The van der Waals surface area contributed by atoms with Crippen molar-refractivity contribution in [1.82, 2.24) is 0 Å². The van der Waals surface area contributed by atoms with Gasteiger partial charge in [-0.25, -0.2) is 4.79 Å². The van der Waals surface area contributed by atoms with E-state index in [0.717, 1.165) is 0 Å². The number of carbonyl (C=O) groups excluding carboxylic acids is 2. The molecule has 0 amide bonds. The molecule has 0 spiro atoms. The fourth-order valence-electron chi connectivity index (χ4n) is 1.21. The number of alkyl halides is 1. The van der Waals surface area contributed by atoms with E-state index >= 15 is 0 Å². The molecule has 0 aromatic rings. The average molecular weight is 233 g/mol. The second-order valence-electron chi connectivity index (χ2n) is 2.53. The Labute approximate surface area is 78.9 Å². The van der Waals surface area contributed by atoms with E-state index in [-0.39, 0.29) is 5.78 Å². The van der Waals surface area contributed by atoms with Crippen LogP contribution < -0.4 is 0 Å². The molecule has 0 aromatic heterocycles. The predicted molar refractivity (Wildman–Crippen MR) is 46.7 cm³/mol. The molecule has 0 saturated heterocycles. The van der Waals surface area contributed by atoms with E-state index in [2.05, 4.69) is 15.9 Å². The lowest BCUT2D eigenvalue weighted by atomic mass is 10.2. The van der Waals surface area contributed by atoms with Gasteiger partial charge in [0.2, 0.25) is 4.51 Å². The van der Waals surface area contributed by atoms with Gasteiger partial charge in [0, 0.05) is 13.0 Å². The number of ether oxygens (including phenoxy) is 1. The zero-order chi connectivity index (χ0) is 9.19. The molecule has 66 valence electrons. The first kappa shape index (κ1) is 9.65. The molecule has 3 nitrogen and oxygen atoms in total. The van der Waals surface area contributed by atoms with Gasteiger partial charge in [0.1, 0.15) is 5.94 Å². The van der Waals surface area contributed by atoms with Gasteiger partial charge in [-0.2, -0.15) is 0 Å². The van der Waals surface area contributed by atoms with E-state index < -0.39 is 4.51 Å². The predicted octanol–water partition coefficient (Wildman–Crippen LogP) is 1.24. The van der Waals surface area contributed by atoms with Crippen molar-refractivity contribution < 1.29 is 14.3 Å². The van der Waals surface area contributed by atoms with Crippen LogP contribution >= 0.6 is 15.9 Å². The smallest absolute Gasteiger partial charge is 0.213 e. The summed E-state index contributed by atoms with van der Waals surface area (Å²) in [5.41, 5.74) is 0.370. The molecule has 0 N–H and O–H groups in total. The zero-order valence-corrected chi connectivity index (χ0v) is 8.31. The number of carbonyl (C=O) groups is 1. The van der Waals surface area contributed by atoms with E-state index in [9.17, 15) is 9.59 Å². The Bertz CT molecular complexity index is 255.